The topological polar surface area (TPSA) is 72.6 Å². The van der Waals surface area contributed by atoms with Crippen molar-refractivity contribution in [3.63, 3.8) is 0 Å². The molecule has 1 atom stereocenters. The van der Waals surface area contributed by atoms with Crippen LogP contribution in [0.2, 0.25) is 5.02 Å². The molecule has 5 nitrogen and oxygen atoms in total. The van der Waals surface area contributed by atoms with Crippen LogP contribution in [-0.2, 0) is 10.8 Å². The molecule has 1 fully saturated rings. The van der Waals surface area contributed by atoms with E-state index in [9.17, 15) is 4.21 Å². The Morgan fingerprint density at radius 1 is 1.17 bits per heavy atom. The zero-order valence-electron chi connectivity index (χ0n) is 15.8. The number of halogens is 2. The summed E-state index contributed by atoms with van der Waals surface area (Å²) in [4.78, 5) is 10.0. The van der Waals surface area contributed by atoms with Crippen molar-refractivity contribution < 1.29 is 26.3 Å². The Labute approximate surface area is 187 Å². The van der Waals surface area contributed by atoms with Crippen molar-refractivity contribution in [2.75, 3.05) is 19.3 Å². The van der Waals surface area contributed by atoms with E-state index in [-0.39, 0.29) is 12.4 Å². The summed E-state index contributed by atoms with van der Waals surface area (Å²) in [5, 5.41) is 4.46. The second kappa shape index (κ2) is 10.1. The SMILES string of the molecule is CS(=O)c1ccc(-c2nc(C3CC[NH2+]CC3)oc2Sc2ccc(Cl)cn2)cc1.[Cl-]. The van der Waals surface area contributed by atoms with Crippen LogP contribution < -0.4 is 17.7 Å². The minimum Gasteiger partial charge on any atom is -1.00 e. The van der Waals surface area contributed by atoms with Gasteiger partial charge in [0, 0.05) is 52.5 Å². The summed E-state index contributed by atoms with van der Waals surface area (Å²) < 4.78 is 17.9. The average Bonchev–Trinajstić information content (AvgIpc) is 3.14. The van der Waals surface area contributed by atoms with E-state index in [1.165, 1.54) is 11.8 Å². The van der Waals surface area contributed by atoms with E-state index in [2.05, 4.69) is 10.3 Å². The van der Waals surface area contributed by atoms with E-state index in [0.29, 0.717) is 10.9 Å². The molecule has 0 amide bonds. The fourth-order valence-electron chi connectivity index (χ4n) is 3.24. The Morgan fingerprint density at radius 3 is 2.52 bits per heavy atom. The largest absolute Gasteiger partial charge is 1.00 e. The molecule has 9 heteroatoms. The van der Waals surface area contributed by atoms with Gasteiger partial charge in [-0.05, 0) is 36.0 Å². The maximum absolute atomic E-state index is 11.7. The van der Waals surface area contributed by atoms with Crippen LogP contribution >= 0.6 is 23.4 Å². The molecule has 1 saturated heterocycles. The molecule has 2 N–H and O–H groups in total. The van der Waals surface area contributed by atoms with Gasteiger partial charge in [0.05, 0.1) is 18.1 Å². The van der Waals surface area contributed by atoms with Gasteiger partial charge in [0.25, 0.3) is 0 Å². The van der Waals surface area contributed by atoms with Gasteiger partial charge in [0.2, 0.25) is 0 Å². The predicted octanol–water partition coefficient (Wildman–Crippen LogP) is 0.723. The number of benzene rings is 1. The number of aromatic nitrogens is 2. The van der Waals surface area contributed by atoms with E-state index in [4.69, 9.17) is 21.0 Å². The van der Waals surface area contributed by atoms with Crippen LogP contribution in [0, 0.1) is 0 Å². The van der Waals surface area contributed by atoms with Crippen molar-refractivity contribution in [3.05, 3.63) is 53.5 Å². The minimum absolute atomic E-state index is 0. The zero-order chi connectivity index (χ0) is 19.5. The lowest BCUT2D eigenvalue weighted by Crippen LogP contribution is -3.00. The van der Waals surface area contributed by atoms with Gasteiger partial charge in [-0.1, -0.05) is 23.7 Å². The Kier molecular flexibility index (Phi) is 7.76. The molecule has 3 aromatic rings. The summed E-state index contributed by atoms with van der Waals surface area (Å²) in [5.41, 5.74) is 1.75. The highest BCUT2D eigenvalue weighted by atomic mass is 35.5. The second-order valence-electron chi connectivity index (χ2n) is 6.72. The maximum atomic E-state index is 11.7. The van der Waals surface area contributed by atoms with Crippen molar-refractivity contribution in [2.45, 2.75) is 33.8 Å². The van der Waals surface area contributed by atoms with E-state index in [1.54, 1.807) is 12.5 Å². The van der Waals surface area contributed by atoms with Crippen LogP contribution in [0.1, 0.15) is 24.7 Å². The van der Waals surface area contributed by atoms with Gasteiger partial charge in [-0.3, -0.25) is 4.21 Å². The van der Waals surface area contributed by atoms with E-state index in [0.717, 1.165) is 58.1 Å². The monoisotopic (exact) mass is 469 g/mol. The summed E-state index contributed by atoms with van der Waals surface area (Å²) in [6, 6.07) is 11.3. The quantitative estimate of drug-likeness (QED) is 0.595. The molecule has 154 valence electrons. The molecular formula is C20H21Cl2N3O2S2. The number of oxazole rings is 1. The minimum atomic E-state index is -1.01. The summed E-state index contributed by atoms with van der Waals surface area (Å²) in [5.74, 6) is 1.14. The highest BCUT2D eigenvalue weighted by Crippen LogP contribution is 2.38. The molecule has 3 heterocycles. The van der Waals surface area contributed by atoms with E-state index >= 15 is 0 Å². The molecular weight excluding hydrogens is 449 g/mol. The molecule has 1 aliphatic rings. The van der Waals surface area contributed by atoms with Gasteiger partial charge in [0.1, 0.15) is 10.7 Å². The Morgan fingerprint density at radius 2 is 1.90 bits per heavy atom. The van der Waals surface area contributed by atoms with Crippen molar-refractivity contribution in [3.8, 4) is 11.3 Å². The summed E-state index contributed by atoms with van der Waals surface area (Å²) in [6.07, 6.45) is 5.44. The molecule has 29 heavy (non-hydrogen) atoms. The third kappa shape index (κ3) is 5.41. The smallest absolute Gasteiger partial charge is 0.199 e. The number of hydrogen-bond acceptors (Lipinski definition) is 5. The Hall–Kier alpha value is -1.38. The highest BCUT2D eigenvalue weighted by Gasteiger charge is 2.26. The van der Waals surface area contributed by atoms with Crippen LogP contribution in [-0.4, -0.2) is 33.5 Å². The molecule has 1 unspecified atom stereocenters. The standard InChI is InChI=1S/C20H20ClN3O2S2.ClH/c1-28(25)16-5-2-13(3-6-16)18-20(27-17-7-4-15(21)12-23-17)26-19(24-18)14-8-10-22-11-9-14;/h2-7,12,14,22H,8-11H2,1H3;1H. The van der Waals surface area contributed by atoms with Crippen molar-refractivity contribution in [1.29, 1.82) is 0 Å². The lowest BCUT2D eigenvalue weighted by molar-refractivity contribution is -0.663. The number of piperidine rings is 1. The molecule has 0 aliphatic carbocycles. The first-order valence-electron chi connectivity index (χ1n) is 9.16. The third-order valence-electron chi connectivity index (χ3n) is 4.76. The predicted molar refractivity (Wildman–Crippen MR) is 111 cm³/mol. The van der Waals surface area contributed by atoms with E-state index < -0.39 is 10.8 Å². The molecule has 4 rings (SSSR count). The molecule has 2 aromatic heterocycles. The normalized spacial score (nSPS) is 15.7. The summed E-state index contributed by atoms with van der Waals surface area (Å²) in [7, 11) is -1.01. The molecule has 0 bridgehead atoms. The number of nitrogens with zero attached hydrogens (tertiary/aromatic N) is 2. The van der Waals surface area contributed by atoms with Gasteiger partial charge in [0.15, 0.2) is 11.0 Å². The average molecular weight is 470 g/mol. The second-order valence-corrected chi connectivity index (χ2v) is 9.53. The number of quaternary nitrogens is 1. The van der Waals surface area contributed by atoms with Gasteiger partial charge in [-0.25, -0.2) is 9.97 Å². The third-order valence-corrected chi connectivity index (χ3v) is 6.83. The lowest BCUT2D eigenvalue weighted by Gasteiger charge is -2.16. The summed E-state index contributed by atoms with van der Waals surface area (Å²) >= 11 is 7.40. The van der Waals surface area contributed by atoms with Crippen LogP contribution in [0.15, 0.2) is 62.0 Å². The van der Waals surface area contributed by atoms with Crippen LogP contribution in [0.4, 0.5) is 0 Å². The highest BCUT2D eigenvalue weighted by molar-refractivity contribution is 7.99. The number of hydrogen-bond donors (Lipinski definition) is 1. The summed E-state index contributed by atoms with van der Waals surface area (Å²) in [6.45, 7) is 2.20. The maximum Gasteiger partial charge on any atom is 0.199 e. The Balaban J connectivity index is 0.00000240. The first-order valence-corrected chi connectivity index (χ1v) is 11.9. The molecule has 0 saturated carbocycles. The van der Waals surface area contributed by atoms with Crippen molar-refractivity contribution >= 4 is 34.2 Å². The van der Waals surface area contributed by atoms with Crippen molar-refractivity contribution in [2.24, 2.45) is 0 Å². The van der Waals surface area contributed by atoms with Gasteiger partial charge < -0.3 is 22.1 Å². The number of rotatable bonds is 5. The molecule has 1 aliphatic heterocycles. The van der Waals surface area contributed by atoms with Gasteiger partial charge in [-0.2, -0.15) is 0 Å². The van der Waals surface area contributed by atoms with Gasteiger partial charge >= 0.3 is 0 Å². The first kappa shape index (κ1) is 22.3. The van der Waals surface area contributed by atoms with E-state index in [1.807, 2.05) is 36.4 Å². The Bertz CT molecular complexity index is 972. The fourth-order valence-corrected chi connectivity index (χ4v) is 4.69. The van der Waals surface area contributed by atoms with Crippen LogP contribution in [0.3, 0.4) is 0 Å². The van der Waals surface area contributed by atoms with Crippen LogP contribution in [0.25, 0.3) is 11.3 Å². The van der Waals surface area contributed by atoms with Gasteiger partial charge in [-0.15, -0.1) is 0 Å². The van der Waals surface area contributed by atoms with Crippen LogP contribution in [0.5, 0.6) is 0 Å². The molecule has 0 spiro atoms. The molecule has 0 radical (unpaired) electrons. The number of pyridine rings is 1. The fraction of sp³-hybridized carbons (Fsp3) is 0.300. The lowest BCUT2D eigenvalue weighted by atomic mass is 9.98. The zero-order valence-corrected chi connectivity index (χ0v) is 19.0. The molecule has 1 aromatic carbocycles. The van der Waals surface area contributed by atoms with Crippen molar-refractivity contribution in [1.82, 2.24) is 9.97 Å². The number of nitrogens with two attached hydrogens (primary N) is 1. The first-order chi connectivity index (χ1) is 13.6.